The number of hydrogen-bond donors (Lipinski definition) is 1. The Morgan fingerprint density at radius 2 is 2.07 bits per heavy atom. The van der Waals surface area contributed by atoms with E-state index in [1.165, 1.54) is 11.8 Å². The van der Waals surface area contributed by atoms with Crippen molar-refractivity contribution in [3.05, 3.63) is 59.3 Å². The monoisotopic (exact) mass is 392 g/mol. The van der Waals surface area contributed by atoms with Crippen molar-refractivity contribution in [1.82, 2.24) is 14.7 Å². The lowest BCUT2D eigenvalue weighted by Crippen LogP contribution is -2.19. The summed E-state index contributed by atoms with van der Waals surface area (Å²) in [6.45, 7) is 2.76. The van der Waals surface area contributed by atoms with E-state index in [1.54, 1.807) is 7.11 Å². The van der Waals surface area contributed by atoms with Gasteiger partial charge in [0.1, 0.15) is 11.6 Å². The Labute approximate surface area is 167 Å². The molecule has 1 aliphatic heterocycles. The van der Waals surface area contributed by atoms with Crippen molar-refractivity contribution in [3.8, 4) is 17.1 Å². The Kier molecular flexibility index (Phi) is 5.16. The average molecular weight is 392 g/mol. The maximum absolute atomic E-state index is 12.3. The molecule has 0 unspecified atom stereocenters. The molecule has 1 aromatic carbocycles. The predicted octanol–water partition coefficient (Wildman–Crippen LogP) is 3.98. The van der Waals surface area contributed by atoms with Crippen molar-refractivity contribution in [2.45, 2.75) is 13.3 Å². The first-order valence-corrected chi connectivity index (χ1v) is 9.88. The van der Waals surface area contributed by atoms with Crippen molar-refractivity contribution in [1.29, 1.82) is 0 Å². The van der Waals surface area contributed by atoms with Gasteiger partial charge in [0.05, 0.1) is 23.2 Å². The van der Waals surface area contributed by atoms with E-state index in [0.717, 1.165) is 34.8 Å². The van der Waals surface area contributed by atoms with Gasteiger partial charge in [0, 0.05) is 18.3 Å². The summed E-state index contributed by atoms with van der Waals surface area (Å²) in [6.07, 6.45) is 4.74. The van der Waals surface area contributed by atoms with E-state index >= 15 is 0 Å². The highest BCUT2D eigenvalue weighted by molar-refractivity contribution is 8.18. The third-order valence-corrected chi connectivity index (χ3v) is 5.27. The lowest BCUT2D eigenvalue weighted by Gasteiger charge is -2.03. The first kappa shape index (κ1) is 18.3. The smallest absolute Gasteiger partial charge is 0.264 e. The molecule has 1 saturated heterocycles. The van der Waals surface area contributed by atoms with Gasteiger partial charge >= 0.3 is 0 Å². The molecule has 0 spiro atoms. The lowest BCUT2D eigenvalue weighted by molar-refractivity contribution is -0.115. The first-order chi connectivity index (χ1) is 13.7. The van der Waals surface area contributed by atoms with Crippen LogP contribution in [0, 0.1) is 0 Å². The van der Waals surface area contributed by atoms with Gasteiger partial charge in [-0.15, -0.1) is 0 Å². The molecule has 2 aromatic heterocycles. The van der Waals surface area contributed by atoms with Gasteiger partial charge in [-0.1, -0.05) is 13.0 Å². The molecule has 142 valence electrons. The van der Waals surface area contributed by atoms with E-state index in [1.807, 2.05) is 59.1 Å². The van der Waals surface area contributed by atoms with Crippen LogP contribution < -0.4 is 10.1 Å². The number of thioether (sulfide) groups is 1. The number of amidine groups is 1. The van der Waals surface area contributed by atoms with Crippen LogP contribution in [0.15, 0.2) is 58.6 Å². The van der Waals surface area contributed by atoms with Crippen LogP contribution in [0.1, 0.15) is 19.0 Å². The van der Waals surface area contributed by atoms with Crippen LogP contribution in [0.25, 0.3) is 23.0 Å². The second-order valence-corrected chi connectivity index (χ2v) is 7.29. The van der Waals surface area contributed by atoms with Crippen LogP contribution in [0.2, 0.25) is 0 Å². The van der Waals surface area contributed by atoms with E-state index in [9.17, 15) is 4.79 Å². The fraction of sp³-hybridized carbons (Fsp3) is 0.190. The molecule has 3 aromatic rings. The number of nitrogens with zero attached hydrogens (tertiary/aromatic N) is 3. The highest BCUT2D eigenvalue weighted by Gasteiger charge is 2.24. The molecule has 1 fully saturated rings. The van der Waals surface area contributed by atoms with Crippen molar-refractivity contribution < 1.29 is 9.53 Å². The SMILES string of the molecule is CCCN=C1NC(=O)/C(=C/c2nc(-c3ccc(OC)cc3)n3ccccc23)S1. The number of aliphatic imine (C=N–C) groups is 1. The van der Waals surface area contributed by atoms with Gasteiger partial charge in [-0.3, -0.25) is 14.2 Å². The average Bonchev–Trinajstić information content (AvgIpc) is 3.27. The summed E-state index contributed by atoms with van der Waals surface area (Å²) in [5, 5.41) is 3.47. The summed E-state index contributed by atoms with van der Waals surface area (Å²) in [5.41, 5.74) is 2.66. The number of carbonyl (C=O) groups is 1. The quantitative estimate of drug-likeness (QED) is 0.667. The van der Waals surface area contributed by atoms with E-state index in [2.05, 4.69) is 17.2 Å². The third-order valence-electron chi connectivity index (χ3n) is 4.32. The van der Waals surface area contributed by atoms with Gasteiger partial charge in [-0.25, -0.2) is 4.98 Å². The fourth-order valence-electron chi connectivity index (χ4n) is 2.95. The Bertz CT molecular complexity index is 1080. The zero-order chi connectivity index (χ0) is 19.5. The molecule has 0 atom stereocenters. The molecular formula is C21H20N4O2S. The second-order valence-electron chi connectivity index (χ2n) is 6.26. The van der Waals surface area contributed by atoms with Gasteiger partial charge in [-0.05, 0) is 60.7 Å². The Morgan fingerprint density at radius 3 is 2.82 bits per heavy atom. The highest BCUT2D eigenvalue weighted by atomic mass is 32.2. The number of ether oxygens (including phenoxy) is 1. The maximum atomic E-state index is 12.3. The van der Waals surface area contributed by atoms with Crippen LogP contribution in [0.3, 0.4) is 0 Å². The molecule has 28 heavy (non-hydrogen) atoms. The summed E-state index contributed by atoms with van der Waals surface area (Å²) >= 11 is 1.36. The summed E-state index contributed by atoms with van der Waals surface area (Å²) in [4.78, 5) is 22.1. The van der Waals surface area contributed by atoms with Gasteiger partial charge in [-0.2, -0.15) is 0 Å². The van der Waals surface area contributed by atoms with Crippen LogP contribution in [-0.4, -0.2) is 34.1 Å². The standard InChI is InChI=1S/C21H20N4O2S/c1-3-11-22-21-24-20(26)18(28-21)13-16-17-6-4-5-12-25(17)19(23-16)14-7-9-15(27-2)10-8-14/h4-10,12-13H,3,11H2,1-2H3,(H,22,24,26)/b18-13-. The molecule has 0 radical (unpaired) electrons. The first-order valence-electron chi connectivity index (χ1n) is 9.06. The summed E-state index contributed by atoms with van der Waals surface area (Å²) in [7, 11) is 1.65. The Hall–Kier alpha value is -3.06. The van der Waals surface area contributed by atoms with Crippen LogP contribution in [0.4, 0.5) is 0 Å². The molecule has 6 nitrogen and oxygen atoms in total. The number of hydrogen-bond acceptors (Lipinski definition) is 5. The predicted molar refractivity (Wildman–Crippen MR) is 113 cm³/mol. The molecule has 0 bridgehead atoms. The number of rotatable bonds is 5. The molecule has 0 saturated carbocycles. The Balaban J connectivity index is 1.75. The van der Waals surface area contributed by atoms with E-state index in [4.69, 9.17) is 9.72 Å². The van der Waals surface area contributed by atoms with Crippen LogP contribution in [0.5, 0.6) is 5.75 Å². The second kappa shape index (κ2) is 7.90. The minimum Gasteiger partial charge on any atom is -0.497 e. The van der Waals surface area contributed by atoms with Crippen molar-refractivity contribution >= 4 is 34.4 Å². The molecule has 1 N–H and O–H groups in total. The van der Waals surface area contributed by atoms with E-state index in [-0.39, 0.29) is 5.91 Å². The summed E-state index contributed by atoms with van der Waals surface area (Å²) in [6, 6.07) is 13.7. The van der Waals surface area contributed by atoms with Gasteiger partial charge in [0.15, 0.2) is 5.17 Å². The number of methoxy groups -OCH3 is 1. The molecule has 1 aliphatic rings. The zero-order valence-electron chi connectivity index (χ0n) is 15.7. The molecule has 3 heterocycles. The fourth-order valence-corrected chi connectivity index (χ4v) is 3.77. The van der Waals surface area contributed by atoms with E-state index < -0.39 is 0 Å². The van der Waals surface area contributed by atoms with Gasteiger partial charge in [0.25, 0.3) is 5.91 Å². The maximum Gasteiger partial charge on any atom is 0.264 e. The van der Waals surface area contributed by atoms with Crippen molar-refractivity contribution in [3.63, 3.8) is 0 Å². The Morgan fingerprint density at radius 1 is 1.25 bits per heavy atom. The lowest BCUT2D eigenvalue weighted by atomic mass is 10.2. The van der Waals surface area contributed by atoms with Crippen molar-refractivity contribution in [2.24, 2.45) is 4.99 Å². The topological polar surface area (TPSA) is 68.0 Å². The van der Waals surface area contributed by atoms with Crippen molar-refractivity contribution in [2.75, 3.05) is 13.7 Å². The number of aromatic nitrogens is 2. The number of fused-ring (bicyclic) bond motifs is 1. The van der Waals surface area contributed by atoms with Crippen LogP contribution >= 0.6 is 11.8 Å². The zero-order valence-corrected chi connectivity index (χ0v) is 16.5. The minimum absolute atomic E-state index is 0.136. The molecule has 7 heteroatoms. The normalized spacial score (nSPS) is 16.9. The van der Waals surface area contributed by atoms with Crippen LogP contribution in [-0.2, 0) is 4.79 Å². The molecular weight excluding hydrogens is 372 g/mol. The number of amides is 1. The summed E-state index contributed by atoms with van der Waals surface area (Å²) in [5.74, 6) is 1.47. The van der Waals surface area contributed by atoms with E-state index in [0.29, 0.717) is 16.6 Å². The number of pyridine rings is 1. The number of nitrogens with one attached hydrogen (secondary N) is 1. The minimum atomic E-state index is -0.136. The number of imidazole rings is 1. The van der Waals surface area contributed by atoms with Gasteiger partial charge in [0.2, 0.25) is 0 Å². The molecule has 1 amide bonds. The largest absolute Gasteiger partial charge is 0.497 e. The summed E-state index contributed by atoms with van der Waals surface area (Å²) < 4.78 is 7.27. The number of carbonyl (C=O) groups excluding carboxylic acids is 1. The van der Waals surface area contributed by atoms with Gasteiger partial charge < -0.3 is 10.1 Å². The third kappa shape index (κ3) is 3.53. The number of benzene rings is 1. The highest BCUT2D eigenvalue weighted by Crippen LogP contribution is 2.30. The molecule has 4 rings (SSSR count). The molecule has 0 aliphatic carbocycles.